The highest BCUT2D eigenvalue weighted by Crippen LogP contribution is 2.22. The van der Waals surface area contributed by atoms with Crippen LogP contribution >= 0.6 is 0 Å². The predicted octanol–water partition coefficient (Wildman–Crippen LogP) is 5.06. The third kappa shape index (κ3) is 6.01. The lowest BCUT2D eigenvalue weighted by Gasteiger charge is -2.18. The van der Waals surface area contributed by atoms with Crippen molar-refractivity contribution < 1.29 is 19.4 Å². The molecule has 0 saturated carbocycles. The minimum atomic E-state index is -0.504. The lowest BCUT2D eigenvalue weighted by atomic mass is 10.0. The second-order valence-corrected chi connectivity index (χ2v) is 7.22. The van der Waals surface area contributed by atoms with Gasteiger partial charge in [-0.3, -0.25) is 4.79 Å². The van der Waals surface area contributed by atoms with Gasteiger partial charge in [0.1, 0.15) is 12.4 Å². The molecule has 0 unspecified atom stereocenters. The Morgan fingerprint density at radius 2 is 1.66 bits per heavy atom. The van der Waals surface area contributed by atoms with Crippen LogP contribution in [0.1, 0.15) is 40.9 Å². The van der Waals surface area contributed by atoms with E-state index in [0.717, 1.165) is 23.2 Å². The molecular formula is C25H27N3O4. The number of phenolic OH excluding ortho intramolecular Hbond substituents is 1. The van der Waals surface area contributed by atoms with Gasteiger partial charge in [0.15, 0.2) is 0 Å². The summed E-state index contributed by atoms with van der Waals surface area (Å²) in [5.41, 5.74) is 3.53. The SMILES string of the molecule is CC[C@@H](NC(=O)OCc1ccc(C(=O)Nc2ccccc2O)cc1)c1ccc(NC)cc1. The van der Waals surface area contributed by atoms with Crippen molar-refractivity contribution in [2.75, 3.05) is 17.7 Å². The second kappa shape index (κ2) is 10.9. The average molecular weight is 434 g/mol. The molecular weight excluding hydrogens is 406 g/mol. The normalized spacial score (nSPS) is 11.3. The van der Waals surface area contributed by atoms with E-state index >= 15 is 0 Å². The van der Waals surface area contributed by atoms with Gasteiger partial charge < -0.3 is 25.8 Å². The first-order chi connectivity index (χ1) is 15.5. The number of nitrogens with one attached hydrogen (secondary N) is 3. The van der Waals surface area contributed by atoms with E-state index in [1.165, 1.54) is 6.07 Å². The Kier molecular flexibility index (Phi) is 7.70. The molecule has 3 rings (SSSR count). The number of aromatic hydroxyl groups is 1. The zero-order valence-electron chi connectivity index (χ0n) is 18.1. The maximum Gasteiger partial charge on any atom is 0.407 e. The summed E-state index contributed by atoms with van der Waals surface area (Å²) < 4.78 is 5.34. The van der Waals surface area contributed by atoms with E-state index in [1.54, 1.807) is 42.5 Å². The molecule has 0 spiro atoms. The van der Waals surface area contributed by atoms with E-state index in [0.29, 0.717) is 11.3 Å². The zero-order chi connectivity index (χ0) is 22.9. The number of hydrogen-bond acceptors (Lipinski definition) is 5. The molecule has 0 heterocycles. The van der Waals surface area contributed by atoms with Gasteiger partial charge in [-0.15, -0.1) is 0 Å². The molecule has 0 aliphatic rings. The lowest BCUT2D eigenvalue weighted by molar-refractivity contribution is 0.102. The molecule has 4 N–H and O–H groups in total. The Labute approximate surface area is 187 Å². The molecule has 0 aliphatic carbocycles. The highest BCUT2D eigenvalue weighted by Gasteiger charge is 2.14. The van der Waals surface area contributed by atoms with Crippen LogP contribution in [0, 0.1) is 0 Å². The van der Waals surface area contributed by atoms with Crippen molar-refractivity contribution in [2.45, 2.75) is 26.0 Å². The van der Waals surface area contributed by atoms with Crippen molar-refractivity contribution in [3.8, 4) is 5.75 Å². The van der Waals surface area contributed by atoms with Crippen molar-refractivity contribution in [2.24, 2.45) is 0 Å². The van der Waals surface area contributed by atoms with Gasteiger partial charge in [-0.05, 0) is 53.9 Å². The van der Waals surface area contributed by atoms with Crippen LogP contribution in [0.4, 0.5) is 16.2 Å². The zero-order valence-corrected chi connectivity index (χ0v) is 18.1. The fourth-order valence-electron chi connectivity index (χ4n) is 3.16. The minimum absolute atomic E-state index is 0.000222. The summed E-state index contributed by atoms with van der Waals surface area (Å²) in [6.07, 6.45) is 0.227. The molecule has 0 saturated heterocycles. The van der Waals surface area contributed by atoms with Crippen LogP contribution in [0.25, 0.3) is 0 Å². The highest BCUT2D eigenvalue weighted by molar-refractivity contribution is 6.05. The van der Waals surface area contributed by atoms with E-state index in [-0.39, 0.29) is 24.3 Å². The van der Waals surface area contributed by atoms with E-state index < -0.39 is 6.09 Å². The molecule has 7 heteroatoms. The molecule has 0 bridgehead atoms. The number of anilines is 2. The fourth-order valence-corrected chi connectivity index (χ4v) is 3.16. The fraction of sp³-hybridized carbons (Fsp3) is 0.200. The predicted molar refractivity (Wildman–Crippen MR) is 125 cm³/mol. The molecule has 2 amide bonds. The average Bonchev–Trinajstić information content (AvgIpc) is 2.83. The summed E-state index contributed by atoms with van der Waals surface area (Å²) in [6, 6.07) is 21.0. The third-order valence-electron chi connectivity index (χ3n) is 5.04. The number of carbonyl (C=O) groups excluding carboxylic acids is 2. The molecule has 0 aliphatic heterocycles. The molecule has 166 valence electrons. The second-order valence-electron chi connectivity index (χ2n) is 7.22. The molecule has 3 aromatic carbocycles. The van der Waals surface area contributed by atoms with Crippen molar-refractivity contribution in [3.05, 3.63) is 89.5 Å². The number of hydrogen-bond donors (Lipinski definition) is 4. The standard InChI is InChI=1S/C25H27N3O4/c1-3-21(18-12-14-20(26-2)15-13-18)28-25(31)32-16-17-8-10-19(11-9-17)24(30)27-22-6-4-5-7-23(22)29/h4-15,21,26,29H,3,16H2,1-2H3,(H,27,30)(H,28,31)/t21-/m1/s1. The van der Waals surface area contributed by atoms with Gasteiger partial charge in [0, 0.05) is 18.3 Å². The maximum atomic E-state index is 12.4. The van der Waals surface area contributed by atoms with Crippen molar-refractivity contribution >= 4 is 23.4 Å². The number of carbonyl (C=O) groups is 2. The lowest BCUT2D eigenvalue weighted by Crippen LogP contribution is -2.28. The highest BCUT2D eigenvalue weighted by atomic mass is 16.5. The van der Waals surface area contributed by atoms with E-state index in [2.05, 4.69) is 16.0 Å². The summed E-state index contributed by atoms with van der Waals surface area (Å²) >= 11 is 0. The Balaban J connectivity index is 1.52. The quantitative estimate of drug-likeness (QED) is 0.372. The van der Waals surface area contributed by atoms with Gasteiger partial charge in [0.2, 0.25) is 0 Å². The topological polar surface area (TPSA) is 99.7 Å². The van der Waals surface area contributed by atoms with E-state index in [1.807, 2.05) is 38.2 Å². The third-order valence-corrected chi connectivity index (χ3v) is 5.04. The van der Waals surface area contributed by atoms with Crippen molar-refractivity contribution in [1.29, 1.82) is 0 Å². The van der Waals surface area contributed by atoms with E-state index in [4.69, 9.17) is 4.74 Å². The Bertz CT molecular complexity index is 1050. The minimum Gasteiger partial charge on any atom is -0.506 e. The summed E-state index contributed by atoms with van der Waals surface area (Å²) in [6.45, 7) is 2.08. The molecule has 7 nitrogen and oxygen atoms in total. The number of phenols is 1. The first-order valence-corrected chi connectivity index (χ1v) is 10.4. The molecule has 32 heavy (non-hydrogen) atoms. The van der Waals surface area contributed by atoms with Gasteiger partial charge in [0.05, 0.1) is 11.7 Å². The van der Waals surface area contributed by atoms with E-state index in [9.17, 15) is 14.7 Å². The van der Waals surface area contributed by atoms with Crippen molar-refractivity contribution in [1.82, 2.24) is 5.32 Å². The maximum absolute atomic E-state index is 12.4. The van der Waals surface area contributed by atoms with Gasteiger partial charge in [-0.1, -0.05) is 43.3 Å². The monoisotopic (exact) mass is 433 g/mol. The molecule has 1 atom stereocenters. The first kappa shape index (κ1) is 22.7. The molecule has 0 aromatic heterocycles. The van der Waals surface area contributed by atoms with Gasteiger partial charge >= 0.3 is 6.09 Å². The van der Waals surface area contributed by atoms with Crippen LogP contribution in [-0.2, 0) is 11.3 Å². The smallest absolute Gasteiger partial charge is 0.407 e. The van der Waals surface area contributed by atoms with Gasteiger partial charge in [0.25, 0.3) is 5.91 Å². The largest absolute Gasteiger partial charge is 0.506 e. The van der Waals surface area contributed by atoms with Crippen molar-refractivity contribution in [3.63, 3.8) is 0 Å². The Morgan fingerprint density at radius 1 is 0.969 bits per heavy atom. The number of rotatable bonds is 8. The van der Waals surface area contributed by atoms with Crippen LogP contribution < -0.4 is 16.0 Å². The molecule has 3 aromatic rings. The Hall–Kier alpha value is -4.00. The first-order valence-electron chi connectivity index (χ1n) is 10.4. The number of ether oxygens (including phenoxy) is 1. The van der Waals surface area contributed by atoms with Crippen LogP contribution in [0.3, 0.4) is 0 Å². The molecule has 0 radical (unpaired) electrons. The van der Waals surface area contributed by atoms with Crippen LogP contribution in [0.5, 0.6) is 5.75 Å². The number of alkyl carbamates (subject to hydrolysis) is 1. The van der Waals surface area contributed by atoms with Gasteiger partial charge in [-0.25, -0.2) is 4.79 Å². The number of amides is 2. The summed E-state index contributed by atoms with van der Waals surface area (Å²) in [5.74, 6) is -0.341. The number of benzene rings is 3. The van der Waals surface area contributed by atoms with Crippen LogP contribution in [-0.4, -0.2) is 24.2 Å². The summed E-state index contributed by atoms with van der Waals surface area (Å²) in [7, 11) is 1.86. The van der Waals surface area contributed by atoms with Crippen LogP contribution in [0.15, 0.2) is 72.8 Å². The Morgan fingerprint density at radius 3 is 2.28 bits per heavy atom. The van der Waals surface area contributed by atoms with Crippen LogP contribution in [0.2, 0.25) is 0 Å². The number of para-hydroxylation sites is 2. The molecule has 0 fully saturated rings. The summed E-state index contributed by atoms with van der Waals surface area (Å²) in [5, 5.41) is 18.4. The summed E-state index contributed by atoms with van der Waals surface area (Å²) in [4.78, 5) is 24.6. The van der Waals surface area contributed by atoms with Gasteiger partial charge in [-0.2, -0.15) is 0 Å².